The normalized spacial score (nSPS) is 15.6. The van der Waals surface area contributed by atoms with Gasteiger partial charge in [0.15, 0.2) is 0 Å². The van der Waals surface area contributed by atoms with Crippen molar-refractivity contribution in [3.63, 3.8) is 0 Å². The Morgan fingerprint density at radius 2 is 2.00 bits per heavy atom. The minimum absolute atomic E-state index is 0.160. The topological polar surface area (TPSA) is 20.2 Å². The fraction of sp³-hybridized carbons (Fsp3) is 0.333. The standard InChI is InChI=1S/C8H9F.CH4O/c1-7-3-2-4-8(9)6-5-7;1-2/h2,4-6H,3H2,1H3;2H,1H3. The van der Waals surface area contributed by atoms with Crippen LogP contribution in [0.15, 0.2) is 35.7 Å². The van der Waals surface area contributed by atoms with Gasteiger partial charge in [-0.25, -0.2) is 4.39 Å². The molecule has 0 atom stereocenters. The van der Waals surface area contributed by atoms with Crippen LogP contribution in [0, 0.1) is 0 Å². The predicted molar refractivity (Wildman–Crippen MR) is 44.8 cm³/mol. The van der Waals surface area contributed by atoms with Crippen molar-refractivity contribution in [1.82, 2.24) is 0 Å². The molecule has 1 nitrogen and oxygen atoms in total. The molecule has 0 heterocycles. The van der Waals surface area contributed by atoms with Crippen molar-refractivity contribution in [2.45, 2.75) is 13.3 Å². The molecule has 0 unspecified atom stereocenters. The zero-order valence-electron chi connectivity index (χ0n) is 6.84. The van der Waals surface area contributed by atoms with Gasteiger partial charge in [0, 0.05) is 7.11 Å². The first-order valence-corrected chi connectivity index (χ1v) is 3.43. The monoisotopic (exact) mass is 156 g/mol. The fourth-order valence-corrected chi connectivity index (χ4v) is 0.703. The number of aliphatic hydroxyl groups excluding tert-OH is 1. The summed E-state index contributed by atoms with van der Waals surface area (Å²) in [7, 11) is 1.00. The molecule has 1 rings (SSSR count). The molecule has 0 aliphatic heterocycles. The lowest BCUT2D eigenvalue weighted by Gasteiger charge is -1.86. The van der Waals surface area contributed by atoms with Gasteiger partial charge in [0.05, 0.1) is 0 Å². The molecule has 2 heteroatoms. The van der Waals surface area contributed by atoms with Gasteiger partial charge in [-0.2, -0.15) is 0 Å². The SMILES string of the molecule is CC1=CC=C(F)C=CC1.CO. The van der Waals surface area contributed by atoms with Gasteiger partial charge >= 0.3 is 0 Å². The molecule has 11 heavy (non-hydrogen) atoms. The highest BCUT2D eigenvalue weighted by Gasteiger charge is 1.91. The van der Waals surface area contributed by atoms with Crippen LogP contribution in [0.5, 0.6) is 0 Å². The van der Waals surface area contributed by atoms with E-state index in [2.05, 4.69) is 0 Å². The maximum atomic E-state index is 12.3. The second kappa shape index (κ2) is 5.86. The third-order valence-electron chi connectivity index (χ3n) is 1.24. The van der Waals surface area contributed by atoms with Crippen LogP contribution in [0.1, 0.15) is 13.3 Å². The molecule has 0 spiro atoms. The van der Waals surface area contributed by atoms with Crippen LogP contribution in [0.4, 0.5) is 4.39 Å². The van der Waals surface area contributed by atoms with Crippen molar-refractivity contribution in [2.75, 3.05) is 7.11 Å². The third-order valence-corrected chi connectivity index (χ3v) is 1.24. The quantitative estimate of drug-likeness (QED) is 0.570. The van der Waals surface area contributed by atoms with E-state index in [0.29, 0.717) is 0 Å². The number of allylic oxidation sites excluding steroid dienone is 6. The van der Waals surface area contributed by atoms with E-state index in [9.17, 15) is 4.39 Å². The van der Waals surface area contributed by atoms with Gasteiger partial charge in [-0.3, -0.25) is 0 Å². The molecule has 0 aromatic carbocycles. The Balaban J connectivity index is 0.000000461. The summed E-state index contributed by atoms with van der Waals surface area (Å²) >= 11 is 0. The van der Waals surface area contributed by atoms with Gasteiger partial charge in [0.2, 0.25) is 0 Å². The summed E-state index contributed by atoms with van der Waals surface area (Å²) in [5.41, 5.74) is 1.19. The third kappa shape index (κ3) is 4.51. The predicted octanol–water partition coefficient (Wildman–Crippen LogP) is 2.35. The molecule has 0 radical (unpaired) electrons. The Bertz CT molecular complexity index is 190. The van der Waals surface area contributed by atoms with Gasteiger partial charge in [-0.1, -0.05) is 17.7 Å². The van der Waals surface area contributed by atoms with E-state index in [1.165, 1.54) is 17.7 Å². The molecule has 62 valence electrons. The second-order valence-corrected chi connectivity index (χ2v) is 2.17. The first kappa shape index (κ1) is 10.1. The minimum atomic E-state index is -0.160. The summed E-state index contributed by atoms with van der Waals surface area (Å²) in [6.45, 7) is 1.99. The molecule has 0 bridgehead atoms. The van der Waals surface area contributed by atoms with E-state index in [1.807, 2.05) is 13.0 Å². The van der Waals surface area contributed by atoms with Gasteiger partial charge in [0.25, 0.3) is 0 Å². The Kier molecular flexibility index (Phi) is 5.39. The van der Waals surface area contributed by atoms with Crippen LogP contribution >= 0.6 is 0 Å². The lowest BCUT2D eigenvalue weighted by molar-refractivity contribution is 0.399. The van der Waals surface area contributed by atoms with Crippen molar-refractivity contribution in [3.05, 3.63) is 35.7 Å². The molecule has 0 saturated carbocycles. The average molecular weight is 156 g/mol. The molecule has 0 saturated heterocycles. The van der Waals surface area contributed by atoms with Crippen molar-refractivity contribution in [2.24, 2.45) is 0 Å². The van der Waals surface area contributed by atoms with E-state index in [1.54, 1.807) is 6.08 Å². The van der Waals surface area contributed by atoms with Crippen LogP contribution in [-0.2, 0) is 0 Å². The average Bonchev–Trinajstić information content (AvgIpc) is 2.20. The molecular formula is C9H13FO. The zero-order chi connectivity index (χ0) is 8.69. The van der Waals surface area contributed by atoms with Gasteiger partial charge in [-0.05, 0) is 25.5 Å². The van der Waals surface area contributed by atoms with Crippen LogP contribution in [0.2, 0.25) is 0 Å². The summed E-state index contributed by atoms with van der Waals surface area (Å²) in [6, 6.07) is 0. The van der Waals surface area contributed by atoms with E-state index >= 15 is 0 Å². The van der Waals surface area contributed by atoms with Crippen molar-refractivity contribution < 1.29 is 9.50 Å². The first-order valence-electron chi connectivity index (χ1n) is 3.43. The van der Waals surface area contributed by atoms with E-state index < -0.39 is 0 Å². The molecule has 1 aliphatic carbocycles. The second-order valence-electron chi connectivity index (χ2n) is 2.17. The maximum absolute atomic E-state index is 12.3. The number of hydrogen-bond acceptors (Lipinski definition) is 1. The van der Waals surface area contributed by atoms with Crippen LogP contribution in [0.25, 0.3) is 0 Å². The van der Waals surface area contributed by atoms with Crippen LogP contribution in [-0.4, -0.2) is 12.2 Å². The smallest absolute Gasteiger partial charge is 0.122 e. The number of rotatable bonds is 0. The highest BCUT2D eigenvalue weighted by atomic mass is 19.1. The van der Waals surface area contributed by atoms with Crippen molar-refractivity contribution >= 4 is 0 Å². The van der Waals surface area contributed by atoms with Crippen LogP contribution in [0.3, 0.4) is 0 Å². The first-order chi connectivity index (χ1) is 5.29. The molecular weight excluding hydrogens is 143 g/mol. The van der Waals surface area contributed by atoms with Crippen LogP contribution < -0.4 is 0 Å². The summed E-state index contributed by atoms with van der Waals surface area (Å²) in [4.78, 5) is 0. The highest BCUT2D eigenvalue weighted by molar-refractivity contribution is 5.25. The summed E-state index contributed by atoms with van der Waals surface area (Å²) in [6.07, 6.45) is 7.47. The van der Waals surface area contributed by atoms with Crippen molar-refractivity contribution in [3.8, 4) is 0 Å². The Hall–Kier alpha value is -0.890. The minimum Gasteiger partial charge on any atom is -0.400 e. The summed E-state index contributed by atoms with van der Waals surface area (Å²) in [5, 5.41) is 7.00. The molecule has 0 aromatic rings. The fourth-order valence-electron chi connectivity index (χ4n) is 0.703. The van der Waals surface area contributed by atoms with E-state index in [0.717, 1.165) is 13.5 Å². The molecule has 0 amide bonds. The molecule has 0 fully saturated rings. The van der Waals surface area contributed by atoms with Crippen molar-refractivity contribution in [1.29, 1.82) is 0 Å². The maximum Gasteiger partial charge on any atom is 0.122 e. The Labute approximate surface area is 66.5 Å². The highest BCUT2D eigenvalue weighted by Crippen LogP contribution is 2.10. The number of halogens is 1. The zero-order valence-corrected chi connectivity index (χ0v) is 6.84. The largest absolute Gasteiger partial charge is 0.400 e. The van der Waals surface area contributed by atoms with E-state index in [4.69, 9.17) is 5.11 Å². The van der Waals surface area contributed by atoms with Gasteiger partial charge in [0.1, 0.15) is 5.83 Å². The number of aliphatic hydroxyl groups is 1. The summed E-state index contributed by atoms with van der Waals surface area (Å²) in [5.74, 6) is -0.160. The van der Waals surface area contributed by atoms with Gasteiger partial charge in [-0.15, -0.1) is 0 Å². The lowest BCUT2D eigenvalue weighted by Crippen LogP contribution is -1.66. The molecule has 0 aromatic heterocycles. The summed E-state index contributed by atoms with van der Waals surface area (Å²) < 4.78 is 12.3. The Morgan fingerprint density at radius 3 is 2.64 bits per heavy atom. The van der Waals surface area contributed by atoms with E-state index in [-0.39, 0.29) is 5.83 Å². The number of hydrogen-bond donors (Lipinski definition) is 1. The molecule has 1 aliphatic rings. The lowest BCUT2D eigenvalue weighted by atomic mass is 10.2. The van der Waals surface area contributed by atoms with Gasteiger partial charge < -0.3 is 5.11 Å². The Morgan fingerprint density at radius 1 is 1.36 bits per heavy atom. The molecule has 1 N–H and O–H groups in total.